The lowest BCUT2D eigenvalue weighted by Crippen LogP contribution is -2.58. The van der Waals surface area contributed by atoms with E-state index in [2.05, 4.69) is 47.4 Å². The lowest BCUT2D eigenvalue weighted by Gasteiger charge is -2.45. The van der Waals surface area contributed by atoms with Crippen molar-refractivity contribution in [3.05, 3.63) is 78.1 Å². The molecule has 2 saturated heterocycles. The minimum absolute atomic E-state index is 0.196. The highest BCUT2D eigenvalue weighted by molar-refractivity contribution is 5.76. The van der Waals surface area contributed by atoms with Crippen LogP contribution < -0.4 is 25.2 Å². The molecule has 3 aliphatic heterocycles. The number of nitrogens with one attached hydrogen (secondary N) is 2. The molecule has 3 N–H and O–H groups in total. The van der Waals surface area contributed by atoms with E-state index >= 15 is 0 Å². The van der Waals surface area contributed by atoms with E-state index in [1.54, 1.807) is 12.1 Å². The van der Waals surface area contributed by atoms with Crippen molar-refractivity contribution in [2.75, 3.05) is 74.1 Å². The molecule has 0 radical (unpaired) electrons. The summed E-state index contributed by atoms with van der Waals surface area (Å²) in [6.07, 6.45) is 7.83. The molecule has 5 heterocycles. The van der Waals surface area contributed by atoms with Crippen LogP contribution in [0.1, 0.15) is 63.5 Å². The average molecular weight is 746 g/mol. The van der Waals surface area contributed by atoms with E-state index < -0.39 is 11.7 Å². The molecule has 2 fully saturated rings. The fourth-order valence-corrected chi connectivity index (χ4v) is 7.37. The third-order valence-electron chi connectivity index (χ3n) is 10.2. The highest BCUT2D eigenvalue weighted by Gasteiger charge is 2.34. The summed E-state index contributed by atoms with van der Waals surface area (Å²) < 4.78 is 11.3. The zero-order valence-electron chi connectivity index (χ0n) is 32.0. The smallest absolute Gasteiger partial charge is 0.408 e. The van der Waals surface area contributed by atoms with E-state index in [-0.39, 0.29) is 18.3 Å². The van der Waals surface area contributed by atoms with Gasteiger partial charge in [-0.2, -0.15) is 0 Å². The molecule has 0 spiro atoms. The number of benzene rings is 2. The van der Waals surface area contributed by atoms with E-state index in [1.807, 2.05) is 75.6 Å². The van der Waals surface area contributed by atoms with Gasteiger partial charge in [0, 0.05) is 44.1 Å². The lowest BCUT2D eigenvalue weighted by molar-refractivity contribution is 0.0535. The molecule has 0 bridgehead atoms. The van der Waals surface area contributed by atoms with Gasteiger partial charge in [0.15, 0.2) is 5.82 Å². The molecule has 2 aromatic carbocycles. The largest absolute Gasteiger partial charge is 0.507 e. The molecule has 4 aromatic rings. The van der Waals surface area contributed by atoms with Gasteiger partial charge in [-0.1, -0.05) is 36.1 Å². The number of ether oxygens (including phenoxy) is 2. The van der Waals surface area contributed by atoms with Gasteiger partial charge in [0.2, 0.25) is 5.95 Å². The number of piperidine rings is 1. The number of phenols is 1. The zero-order valence-corrected chi connectivity index (χ0v) is 32.0. The maximum atomic E-state index is 11.8. The Balaban J connectivity index is 0.823. The zero-order chi connectivity index (χ0) is 38.2. The SMILES string of the molecule is CC(C)(C)OC(=O)NCC#Cc1ccccc1OCCCCN1CCC(c2cnc(N3CCN4c5cc(-c6ccccc6O)nnc5NC[C@H]4C3)nc2)CC1. The number of aromatic nitrogens is 4. The first-order chi connectivity index (χ1) is 26.7. The molecule has 2 aromatic heterocycles. The molecule has 13 heteroatoms. The van der Waals surface area contributed by atoms with Crippen molar-refractivity contribution in [3.8, 4) is 34.6 Å². The van der Waals surface area contributed by atoms with E-state index in [0.717, 1.165) is 100 Å². The van der Waals surface area contributed by atoms with Crippen LogP contribution in [0.5, 0.6) is 11.5 Å². The Bertz CT molecular complexity index is 1980. The third kappa shape index (κ3) is 9.74. The maximum Gasteiger partial charge on any atom is 0.408 e. The Morgan fingerprint density at radius 2 is 1.78 bits per heavy atom. The first-order valence-electron chi connectivity index (χ1n) is 19.3. The summed E-state index contributed by atoms with van der Waals surface area (Å²) in [5.74, 6) is 9.07. The van der Waals surface area contributed by atoms with Crippen LogP contribution in [-0.4, -0.2) is 107 Å². The Morgan fingerprint density at radius 1 is 1.00 bits per heavy atom. The van der Waals surface area contributed by atoms with E-state index in [1.165, 1.54) is 5.56 Å². The molecule has 1 atom stereocenters. The molecular formula is C42H51N9O4. The van der Waals surface area contributed by atoms with Gasteiger partial charge in [-0.05, 0) is 108 Å². The molecule has 0 saturated carbocycles. The van der Waals surface area contributed by atoms with Crippen molar-refractivity contribution < 1.29 is 19.4 Å². The summed E-state index contributed by atoms with van der Waals surface area (Å²) in [5, 5.41) is 25.3. The van der Waals surface area contributed by atoms with Crippen LogP contribution in [0.4, 0.5) is 22.2 Å². The number of phenolic OH excluding ortho intramolecular Hbond substituents is 1. The number of likely N-dealkylation sites (tertiary alicyclic amines) is 1. The van der Waals surface area contributed by atoms with Crippen molar-refractivity contribution in [2.45, 2.75) is 64.0 Å². The molecule has 288 valence electrons. The minimum atomic E-state index is -0.542. The van der Waals surface area contributed by atoms with Crippen molar-refractivity contribution in [1.82, 2.24) is 30.4 Å². The minimum Gasteiger partial charge on any atom is -0.507 e. The van der Waals surface area contributed by atoms with Crippen molar-refractivity contribution in [2.24, 2.45) is 0 Å². The first-order valence-corrected chi connectivity index (χ1v) is 19.3. The fraction of sp³-hybridized carbons (Fsp3) is 0.452. The normalized spacial score (nSPS) is 17.3. The van der Waals surface area contributed by atoms with Crippen LogP contribution in [0, 0.1) is 11.8 Å². The molecule has 13 nitrogen and oxygen atoms in total. The van der Waals surface area contributed by atoms with Crippen LogP contribution in [0.2, 0.25) is 0 Å². The van der Waals surface area contributed by atoms with Gasteiger partial charge in [0.05, 0.1) is 36.1 Å². The Hall–Kier alpha value is -5.61. The number of piperazine rings is 1. The van der Waals surface area contributed by atoms with Gasteiger partial charge >= 0.3 is 6.09 Å². The van der Waals surface area contributed by atoms with Gasteiger partial charge in [-0.3, -0.25) is 0 Å². The van der Waals surface area contributed by atoms with Crippen LogP contribution in [-0.2, 0) is 4.74 Å². The third-order valence-corrected chi connectivity index (χ3v) is 10.2. The van der Waals surface area contributed by atoms with E-state index in [4.69, 9.17) is 19.4 Å². The molecule has 55 heavy (non-hydrogen) atoms. The number of amides is 1. The second-order valence-electron chi connectivity index (χ2n) is 15.3. The second-order valence-corrected chi connectivity index (χ2v) is 15.3. The quantitative estimate of drug-likeness (QED) is 0.136. The number of carbonyl (C=O) groups excluding carboxylic acids is 1. The summed E-state index contributed by atoms with van der Waals surface area (Å²) in [5.41, 5.74) is 3.83. The summed E-state index contributed by atoms with van der Waals surface area (Å²) in [6.45, 7) is 12.7. The number of carbonyl (C=O) groups is 1. The van der Waals surface area contributed by atoms with Gasteiger partial charge in [-0.25, -0.2) is 14.8 Å². The highest BCUT2D eigenvalue weighted by atomic mass is 16.6. The predicted octanol–water partition coefficient (Wildman–Crippen LogP) is 5.67. The summed E-state index contributed by atoms with van der Waals surface area (Å²) >= 11 is 0. The van der Waals surface area contributed by atoms with E-state index in [9.17, 15) is 9.90 Å². The number of para-hydroxylation sites is 2. The molecule has 7 rings (SSSR count). The van der Waals surface area contributed by atoms with Crippen LogP contribution >= 0.6 is 0 Å². The number of anilines is 3. The molecule has 3 aliphatic rings. The first kappa shape index (κ1) is 37.7. The lowest BCUT2D eigenvalue weighted by atomic mass is 9.91. The highest BCUT2D eigenvalue weighted by Crippen LogP contribution is 2.36. The van der Waals surface area contributed by atoms with Crippen molar-refractivity contribution in [1.29, 1.82) is 0 Å². The Morgan fingerprint density at radius 3 is 2.58 bits per heavy atom. The van der Waals surface area contributed by atoms with Gasteiger partial charge < -0.3 is 39.9 Å². The molecular weight excluding hydrogens is 695 g/mol. The number of nitrogens with zero attached hydrogens (tertiary/aromatic N) is 7. The number of fused-ring (bicyclic) bond motifs is 3. The van der Waals surface area contributed by atoms with Gasteiger partial charge in [0.25, 0.3) is 0 Å². The number of hydrogen-bond acceptors (Lipinski definition) is 12. The van der Waals surface area contributed by atoms with Crippen LogP contribution in [0.15, 0.2) is 67.0 Å². The van der Waals surface area contributed by atoms with Crippen molar-refractivity contribution in [3.63, 3.8) is 0 Å². The molecule has 0 unspecified atom stereocenters. The van der Waals surface area contributed by atoms with E-state index in [0.29, 0.717) is 23.8 Å². The fourth-order valence-electron chi connectivity index (χ4n) is 7.37. The summed E-state index contributed by atoms with van der Waals surface area (Å²) in [6, 6.07) is 17.2. The number of aromatic hydroxyl groups is 1. The second kappa shape index (κ2) is 17.2. The average Bonchev–Trinajstić information content (AvgIpc) is 3.19. The van der Waals surface area contributed by atoms with Gasteiger partial charge in [0.1, 0.15) is 17.1 Å². The van der Waals surface area contributed by atoms with Crippen molar-refractivity contribution >= 4 is 23.5 Å². The number of rotatable bonds is 10. The number of hydrogen-bond donors (Lipinski definition) is 3. The monoisotopic (exact) mass is 745 g/mol. The summed E-state index contributed by atoms with van der Waals surface area (Å²) in [7, 11) is 0. The number of unbranched alkanes of at least 4 members (excludes halogenated alkanes) is 1. The standard InChI is InChI=1S/C42H51N9O4/c1-42(2,3)55-41(53)43-18-10-12-31-11-4-7-15-38(31)54-24-9-8-19-49-20-16-30(17-21-49)32-26-45-40(46-27-32)50-22-23-51-33(29-50)28-44-39-36(51)25-35(47-48-39)34-13-5-6-14-37(34)52/h4-7,11,13-15,25-27,30,33,52H,8-9,16-24,28-29H2,1-3H3,(H,43,53)(H,44,48)/t33-/m0/s1. The number of alkyl carbamates (subject to hydrolysis) is 1. The Labute approximate surface area is 323 Å². The van der Waals surface area contributed by atoms with Crippen LogP contribution in [0.25, 0.3) is 11.3 Å². The maximum absolute atomic E-state index is 11.8. The predicted molar refractivity (Wildman–Crippen MR) is 214 cm³/mol. The topological polar surface area (TPSA) is 141 Å². The molecule has 1 amide bonds. The van der Waals surface area contributed by atoms with Crippen LogP contribution in [0.3, 0.4) is 0 Å². The Kier molecular flexibility index (Phi) is 11.8. The summed E-state index contributed by atoms with van der Waals surface area (Å²) in [4.78, 5) is 28.8. The van der Waals surface area contributed by atoms with Gasteiger partial charge in [-0.15, -0.1) is 10.2 Å². The molecule has 0 aliphatic carbocycles.